The SMILES string of the molecule is Cc1ccc(C(=O)NCCc2cccc(Cl)c2)cc1F. The third-order valence-electron chi connectivity index (χ3n) is 3.02. The van der Waals surface area contributed by atoms with Gasteiger partial charge in [-0.25, -0.2) is 4.39 Å². The van der Waals surface area contributed by atoms with Crippen LogP contribution in [-0.4, -0.2) is 12.5 Å². The molecule has 0 saturated heterocycles. The summed E-state index contributed by atoms with van der Waals surface area (Å²) in [4.78, 5) is 11.9. The van der Waals surface area contributed by atoms with E-state index in [2.05, 4.69) is 5.32 Å². The molecule has 0 aliphatic rings. The predicted molar refractivity (Wildman–Crippen MR) is 78.6 cm³/mol. The maximum atomic E-state index is 13.4. The molecule has 1 N–H and O–H groups in total. The minimum atomic E-state index is -0.368. The Morgan fingerprint density at radius 3 is 2.75 bits per heavy atom. The van der Waals surface area contributed by atoms with Gasteiger partial charge in [0, 0.05) is 17.1 Å². The van der Waals surface area contributed by atoms with Crippen LogP contribution in [0.25, 0.3) is 0 Å². The first-order valence-electron chi connectivity index (χ1n) is 6.35. The molecule has 2 nitrogen and oxygen atoms in total. The molecule has 1 amide bonds. The van der Waals surface area contributed by atoms with Gasteiger partial charge in [0.2, 0.25) is 0 Å². The minimum Gasteiger partial charge on any atom is -0.352 e. The zero-order valence-electron chi connectivity index (χ0n) is 11.1. The van der Waals surface area contributed by atoms with E-state index in [4.69, 9.17) is 11.6 Å². The number of carbonyl (C=O) groups is 1. The van der Waals surface area contributed by atoms with E-state index in [1.807, 2.05) is 18.2 Å². The Hall–Kier alpha value is -1.87. The maximum absolute atomic E-state index is 13.4. The number of hydrogen-bond donors (Lipinski definition) is 1. The first-order chi connectivity index (χ1) is 9.56. The van der Waals surface area contributed by atoms with Gasteiger partial charge in [-0.1, -0.05) is 29.8 Å². The highest BCUT2D eigenvalue weighted by atomic mass is 35.5. The second kappa shape index (κ2) is 6.53. The summed E-state index contributed by atoms with van der Waals surface area (Å²) in [5.74, 6) is -0.640. The molecule has 2 aromatic rings. The molecule has 2 rings (SSSR count). The highest BCUT2D eigenvalue weighted by Gasteiger charge is 2.07. The summed E-state index contributed by atoms with van der Waals surface area (Å²) in [6.45, 7) is 2.14. The Balaban J connectivity index is 1.90. The van der Waals surface area contributed by atoms with Crippen molar-refractivity contribution in [3.05, 3.63) is 70.0 Å². The Morgan fingerprint density at radius 1 is 1.25 bits per heavy atom. The summed E-state index contributed by atoms with van der Waals surface area (Å²) in [5.41, 5.74) is 1.91. The third-order valence-corrected chi connectivity index (χ3v) is 3.26. The van der Waals surface area contributed by atoms with Crippen LogP contribution in [0.5, 0.6) is 0 Å². The summed E-state index contributed by atoms with van der Waals surface area (Å²) in [7, 11) is 0. The normalized spacial score (nSPS) is 10.3. The van der Waals surface area contributed by atoms with Crippen LogP contribution in [0.4, 0.5) is 4.39 Å². The molecule has 20 heavy (non-hydrogen) atoms. The summed E-state index contributed by atoms with van der Waals surface area (Å²) >= 11 is 5.89. The van der Waals surface area contributed by atoms with Gasteiger partial charge in [-0.2, -0.15) is 0 Å². The fourth-order valence-corrected chi connectivity index (χ4v) is 2.06. The molecule has 0 bridgehead atoms. The van der Waals surface area contributed by atoms with Crippen LogP contribution in [-0.2, 0) is 6.42 Å². The number of amides is 1. The van der Waals surface area contributed by atoms with E-state index in [-0.39, 0.29) is 11.7 Å². The van der Waals surface area contributed by atoms with Crippen LogP contribution in [0.15, 0.2) is 42.5 Å². The summed E-state index contributed by atoms with van der Waals surface area (Å²) < 4.78 is 13.4. The van der Waals surface area contributed by atoms with Gasteiger partial charge in [-0.05, 0) is 48.7 Å². The molecule has 0 aliphatic carbocycles. The maximum Gasteiger partial charge on any atom is 0.251 e. The fraction of sp³-hybridized carbons (Fsp3) is 0.188. The Labute approximate surface area is 122 Å². The molecule has 0 atom stereocenters. The molecule has 0 aliphatic heterocycles. The number of halogens is 2. The predicted octanol–water partition coefficient (Wildman–Crippen LogP) is 3.76. The second-order valence-corrected chi connectivity index (χ2v) is 5.04. The zero-order valence-corrected chi connectivity index (χ0v) is 11.9. The molecule has 0 saturated carbocycles. The molecule has 0 heterocycles. The highest BCUT2D eigenvalue weighted by molar-refractivity contribution is 6.30. The van der Waals surface area contributed by atoms with E-state index >= 15 is 0 Å². The minimum absolute atomic E-state index is 0.272. The van der Waals surface area contributed by atoms with Crippen LogP contribution in [0.3, 0.4) is 0 Å². The highest BCUT2D eigenvalue weighted by Crippen LogP contribution is 2.11. The number of hydrogen-bond acceptors (Lipinski definition) is 1. The van der Waals surface area contributed by atoms with Crippen LogP contribution < -0.4 is 5.32 Å². The first-order valence-corrected chi connectivity index (χ1v) is 6.73. The van der Waals surface area contributed by atoms with E-state index in [1.54, 1.807) is 25.1 Å². The number of aryl methyl sites for hydroxylation is 1. The van der Waals surface area contributed by atoms with Crippen molar-refractivity contribution in [2.75, 3.05) is 6.54 Å². The van der Waals surface area contributed by atoms with Gasteiger partial charge in [-0.15, -0.1) is 0 Å². The van der Waals surface area contributed by atoms with Crippen molar-refractivity contribution in [2.45, 2.75) is 13.3 Å². The Morgan fingerprint density at radius 2 is 2.05 bits per heavy atom. The van der Waals surface area contributed by atoms with Crippen molar-refractivity contribution in [3.63, 3.8) is 0 Å². The summed E-state index contributed by atoms with van der Waals surface area (Å²) in [6.07, 6.45) is 0.681. The van der Waals surface area contributed by atoms with Gasteiger partial charge in [-0.3, -0.25) is 4.79 Å². The molecule has 2 aromatic carbocycles. The third kappa shape index (κ3) is 3.81. The van der Waals surface area contributed by atoms with Crippen molar-refractivity contribution >= 4 is 17.5 Å². The van der Waals surface area contributed by atoms with E-state index < -0.39 is 0 Å². The fourth-order valence-electron chi connectivity index (χ4n) is 1.85. The lowest BCUT2D eigenvalue weighted by Crippen LogP contribution is -2.25. The van der Waals surface area contributed by atoms with Crippen molar-refractivity contribution in [2.24, 2.45) is 0 Å². The molecule has 104 valence electrons. The topological polar surface area (TPSA) is 29.1 Å². The van der Waals surface area contributed by atoms with E-state index in [1.165, 1.54) is 6.07 Å². The van der Waals surface area contributed by atoms with Crippen LogP contribution in [0, 0.1) is 12.7 Å². The van der Waals surface area contributed by atoms with Gasteiger partial charge >= 0.3 is 0 Å². The number of carbonyl (C=O) groups excluding carboxylic acids is 1. The lowest BCUT2D eigenvalue weighted by molar-refractivity contribution is 0.0953. The number of nitrogens with one attached hydrogen (secondary N) is 1. The molecular formula is C16H15ClFNO. The van der Waals surface area contributed by atoms with Crippen LogP contribution in [0.1, 0.15) is 21.5 Å². The largest absolute Gasteiger partial charge is 0.352 e. The Kier molecular flexibility index (Phi) is 4.74. The quantitative estimate of drug-likeness (QED) is 0.913. The monoisotopic (exact) mass is 291 g/mol. The first kappa shape index (κ1) is 14.5. The van der Waals surface area contributed by atoms with Crippen LogP contribution >= 0.6 is 11.6 Å². The average molecular weight is 292 g/mol. The average Bonchev–Trinajstić information content (AvgIpc) is 2.42. The van der Waals surface area contributed by atoms with Crippen molar-refractivity contribution in [1.29, 1.82) is 0 Å². The lowest BCUT2D eigenvalue weighted by Gasteiger charge is -2.06. The zero-order chi connectivity index (χ0) is 14.5. The van der Waals surface area contributed by atoms with Gasteiger partial charge in [0.1, 0.15) is 5.82 Å². The standard InChI is InChI=1S/C16H15ClFNO/c1-11-5-6-13(10-15(11)18)16(20)19-8-7-12-3-2-4-14(17)9-12/h2-6,9-10H,7-8H2,1H3,(H,19,20). The van der Waals surface area contributed by atoms with Gasteiger partial charge < -0.3 is 5.32 Å². The van der Waals surface area contributed by atoms with E-state index in [0.717, 1.165) is 5.56 Å². The van der Waals surface area contributed by atoms with Gasteiger partial charge in [0.05, 0.1) is 0 Å². The van der Waals surface area contributed by atoms with Crippen molar-refractivity contribution in [3.8, 4) is 0 Å². The summed E-state index contributed by atoms with van der Waals surface area (Å²) in [6, 6.07) is 12.0. The molecule has 0 aromatic heterocycles. The smallest absolute Gasteiger partial charge is 0.251 e. The van der Waals surface area contributed by atoms with E-state index in [0.29, 0.717) is 29.1 Å². The molecular weight excluding hydrogens is 277 g/mol. The van der Waals surface area contributed by atoms with Crippen LogP contribution in [0.2, 0.25) is 5.02 Å². The molecule has 0 spiro atoms. The van der Waals surface area contributed by atoms with Gasteiger partial charge in [0.25, 0.3) is 5.91 Å². The lowest BCUT2D eigenvalue weighted by atomic mass is 10.1. The van der Waals surface area contributed by atoms with Crippen molar-refractivity contribution < 1.29 is 9.18 Å². The molecule has 0 radical (unpaired) electrons. The number of rotatable bonds is 4. The summed E-state index contributed by atoms with van der Waals surface area (Å²) in [5, 5.41) is 3.44. The molecule has 4 heteroatoms. The second-order valence-electron chi connectivity index (χ2n) is 4.60. The molecule has 0 fully saturated rings. The van der Waals surface area contributed by atoms with Gasteiger partial charge in [0.15, 0.2) is 0 Å². The Bertz CT molecular complexity index is 628. The number of benzene rings is 2. The van der Waals surface area contributed by atoms with E-state index in [9.17, 15) is 9.18 Å². The van der Waals surface area contributed by atoms with Crippen molar-refractivity contribution in [1.82, 2.24) is 5.32 Å². The molecule has 0 unspecified atom stereocenters.